The van der Waals surface area contributed by atoms with Crippen molar-refractivity contribution in [2.45, 2.75) is 26.3 Å². The molecular formula is C14H15F2N3O. The summed E-state index contributed by atoms with van der Waals surface area (Å²) in [7, 11) is 0. The molecule has 0 aliphatic carbocycles. The van der Waals surface area contributed by atoms with Crippen molar-refractivity contribution in [3.63, 3.8) is 0 Å². The maximum Gasteiger partial charge on any atom is 0.205 e. The highest BCUT2D eigenvalue weighted by atomic mass is 19.1. The van der Waals surface area contributed by atoms with Gasteiger partial charge in [-0.2, -0.15) is 5.10 Å². The summed E-state index contributed by atoms with van der Waals surface area (Å²) in [6.45, 7) is 4.76. The molecule has 20 heavy (non-hydrogen) atoms. The Bertz CT molecular complexity index is 697. The molecule has 0 saturated carbocycles. The van der Waals surface area contributed by atoms with E-state index >= 15 is 0 Å². The molecule has 0 radical (unpaired) electrons. The second-order valence-electron chi connectivity index (χ2n) is 5.20. The van der Waals surface area contributed by atoms with Crippen LogP contribution < -0.4 is 11.2 Å². The molecule has 1 aromatic carbocycles. The summed E-state index contributed by atoms with van der Waals surface area (Å²) in [5.41, 5.74) is 4.55. The van der Waals surface area contributed by atoms with Gasteiger partial charge in [0.05, 0.1) is 5.54 Å². The molecule has 0 amide bonds. The van der Waals surface area contributed by atoms with Crippen LogP contribution in [0.25, 0.3) is 5.69 Å². The molecule has 0 aliphatic heterocycles. The predicted octanol–water partition coefficient (Wildman–Crippen LogP) is 2.01. The van der Waals surface area contributed by atoms with Crippen LogP contribution in [0.15, 0.2) is 29.1 Å². The Morgan fingerprint density at radius 1 is 1.25 bits per heavy atom. The SMILES string of the molecule is Cc1cc(=O)c(C(C)(C)N)nn1-c1c(F)cccc1F. The second-order valence-corrected chi connectivity index (χ2v) is 5.20. The van der Waals surface area contributed by atoms with Gasteiger partial charge in [-0.3, -0.25) is 4.79 Å². The van der Waals surface area contributed by atoms with Crippen LogP contribution in [0.2, 0.25) is 0 Å². The zero-order valence-electron chi connectivity index (χ0n) is 11.4. The summed E-state index contributed by atoms with van der Waals surface area (Å²) in [5.74, 6) is -1.52. The lowest BCUT2D eigenvalue weighted by atomic mass is 10.0. The summed E-state index contributed by atoms with van der Waals surface area (Å²) in [6.07, 6.45) is 0. The van der Waals surface area contributed by atoms with Gasteiger partial charge in [-0.25, -0.2) is 13.5 Å². The predicted molar refractivity (Wildman–Crippen MR) is 71.7 cm³/mol. The molecule has 2 N–H and O–H groups in total. The highest BCUT2D eigenvalue weighted by Gasteiger charge is 2.23. The molecule has 0 bridgehead atoms. The fourth-order valence-corrected chi connectivity index (χ4v) is 1.91. The van der Waals surface area contributed by atoms with Gasteiger partial charge in [0.1, 0.15) is 11.4 Å². The Morgan fingerprint density at radius 2 is 1.80 bits per heavy atom. The van der Waals surface area contributed by atoms with Crippen molar-refractivity contribution in [1.29, 1.82) is 0 Å². The maximum absolute atomic E-state index is 13.8. The second kappa shape index (κ2) is 4.79. The zero-order chi connectivity index (χ0) is 15.1. The number of halogens is 2. The van der Waals surface area contributed by atoms with Crippen molar-refractivity contribution in [2.75, 3.05) is 0 Å². The minimum Gasteiger partial charge on any atom is -0.320 e. The van der Waals surface area contributed by atoms with Crippen LogP contribution in [0.1, 0.15) is 25.2 Å². The van der Waals surface area contributed by atoms with Gasteiger partial charge in [-0.1, -0.05) is 6.07 Å². The Morgan fingerprint density at radius 3 is 2.30 bits per heavy atom. The average Bonchev–Trinajstić information content (AvgIpc) is 2.29. The molecule has 0 unspecified atom stereocenters. The lowest BCUT2D eigenvalue weighted by molar-refractivity contribution is 0.498. The standard InChI is InChI=1S/C14H15F2N3O/c1-8-7-11(20)13(14(2,3)17)18-19(8)12-9(15)5-4-6-10(12)16/h4-7H,17H2,1-3H3. The third-order valence-corrected chi connectivity index (χ3v) is 2.87. The minimum atomic E-state index is -1.01. The van der Waals surface area contributed by atoms with E-state index < -0.39 is 17.2 Å². The molecule has 1 aromatic heterocycles. The quantitative estimate of drug-likeness (QED) is 0.914. The van der Waals surface area contributed by atoms with Crippen molar-refractivity contribution >= 4 is 0 Å². The van der Waals surface area contributed by atoms with Crippen LogP contribution in [-0.2, 0) is 5.54 Å². The number of nitrogens with two attached hydrogens (primary N) is 1. The van der Waals surface area contributed by atoms with E-state index in [1.54, 1.807) is 20.8 Å². The van der Waals surface area contributed by atoms with Crippen LogP contribution in [0, 0.1) is 18.6 Å². The summed E-state index contributed by atoms with van der Waals surface area (Å²) < 4.78 is 28.7. The van der Waals surface area contributed by atoms with Crippen molar-refractivity contribution in [3.05, 3.63) is 57.5 Å². The molecule has 2 rings (SSSR count). The molecule has 0 aliphatic rings. The van der Waals surface area contributed by atoms with Gasteiger partial charge >= 0.3 is 0 Å². The largest absolute Gasteiger partial charge is 0.320 e. The van der Waals surface area contributed by atoms with Gasteiger partial charge in [0.2, 0.25) is 5.43 Å². The number of hydrogen-bond acceptors (Lipinski definition) is 3. The zero-order valence-corrected chi connectivity index (χ0v) is 11.4. The number of aryl methyl sites for hydroxylation is 1. The molecule has 6 heteroatoms. The van der Waals surface area contributed by atoms with E-state index in [1.807, 2.05) is 0 Å². The van der Waals surface area contributed by atoms with Gasteiger partial charge in [-0.15, -0.1) is 0 Å². The molecule has 4 nitrogen and oxygen atoms in total. The Labute approximate surface area is 114 Å². The first-order chi connectivity index (χ1) is 9.21. The van der Waals surface area contributed by atoms with E-state index in [1.165, 1.54) is 12.1 Å². The van der Waals surface area contributed by atoms with E-state index in [2.05, 4.69) is 5.10 Å². The fourth-order valence-electron chi connectivity index (χ4n) is 1.91. The molecular weight excluding hydrogens is 264 g/mol. The first-order valence-electron chi connectivity index (χ1n) is 6.06. The van der Waals surface area contributed by atoms with Crippen LogP contribution in [0.5, 0.6) is 0 Å². The highest BCUT2D eigenvalue weighted by Crippen LogP contribution is 2.19. The van der Waals surface area contributed by atoms with Crippen LogP contribution in [0.4, 0.5) is 8.78 Å². The summed E-state index contributed by atoms with van der Waals surface area (Å²) in [4.78, 5) is 11.9. The number of nitrogens with zero attached hydrogens (tertiary/aromatic N) is 2. The van der Waals surface area contributed by atoms with Crippen LogP contribution in [-0.4, -0.2) is 9.78 Å². The lowest BCUT2D eigenvalue weighted by Gasteiger charge is -2.20. The summed E-state index contributed by atoms with van der Waals surface area (Å²) in [5, 5.41) is 4.03. The Kier molecular flexibility index (Phi) is 3.43. The Hall–Kier alpha value is -2.08. The van der Waals surface area contributed by atoms with Crippen molar-refractivity contribution in [3.8, 4) is 5.69 Å². The monoisotopic (exact) mass is 279 g/mol. The van der Waals surface area contributed by atoms with Crippen LogP contribution in [0.3, 0.4) is 0 Å². The van der Waals surface area contributed by atoms with E-state index in [0.29, 0.717) is 5.69 Å². The molecule has 0 fully saturated rings. The highest BCUT2D eigenvalue weighted by molar-refractivity contribution is 5.36. The molecule has 106 valence electrons. The van der Waals surface area contributed by atoms with E-state index in [9.17, 15) is 13.6 Å². The normalized spacial score (nSPS) is 11.7. The molecule has 0 saturated heterocycles. The van der Waals surface area contributed by atoms with Crippen LogP contribution >= 0.6 is 0 Å². The first-order valence-corrected chi connectivity index (χ1v) is 6.06. The van der Waals surface area contributed by atoms with Gasteiger partial charge in [0.15, 0.2) is 11.6 Å². The van der Waals surface area contributed by atoms with E-state index in [-0.39, 0.29) is 16.8 Å². The third-order valence-electron chi connectivity index (χ3n) is 2.87. The first kappa shape index (κ1) is 14.3. The fraction of sp³-hybridized carbons (Fsp3) is 0.286. The van der Waals surface area contributed by atoms with Gasteiger partial charge < -0.3 is 5.73 Å². The van der Waals surface area contributed by atoms with Crippen molar-refractivity contribution < 1.29 is 8.78 Å². The van der Waals surface area contributed by atoms with E-state index in [0.717, 1.165) is 16.8 Å². The number of rotatable bonds is 2. The molecule has 0 spiro atoms. The molecule has 0 atom stereocenters. The van der Waals surface area contributed by atoms with Gasteiger partial charge in [-0.05, 0) is 32.9 Å². The topological polar surface area (TPSA) is 60.9 Å². The lowest BCUT2D eigenvalue weighted by Crippen LogP contribution is -2.37. The molecule has 1 heterocycles. The number of para-hydroxylation sites is 1. The number of hydrogen-bond donors (Lipinski definition) is 1. The van der Waals surface area contributed by atoms with Gasteiger partial charge in [0, 0.05) is 11.8 Å². The number of aromatic nitrogens is 2. The summed E-state index contributed by atoms with van der Waals surface area (Å²) in [6, 6.07) is 4.79. The van der Waals surface area contributed by atoms with Gasteiger partial charge in [0.25, 0.3) is 0 Å². The smallest absolute Gasteiger partial charge is 0.205 e. The molecule has 2 aromatic rings. The average molecular weight is 279 g/mol. The third kappa shape index (κ3) is 2.46. The minimum absolute atomic E-state index is 0.0470. The van der Waals surface area contributed by atoms with Crippen molar-refractivity contribution in [1.82, 2.24) is 9.78 Å². The maximum atomic E-state index is 13.8. The Balaban J connectivity index is 2.79. The van der Waals surface area contributed by atoms with Crippen molar-refractivity contribution in [2.24, 2.45) is 5.73 Å². The van der Waals surface area contributed by atoms with E-state index in [4.69, 9.17) is 5.73 Å². The number of benzene rings is 1. The summed E-state index contributed by atoms with van der Waals surface area (Å²) >= 11 is 0.